The Balaban J connectivity index is 0.000000840. The highest BCUT2D eigenvalue weighted by molar-refractivity contribution is 7.95. The monoisotopic (exact) mass is 527 g/mol. The number of benzene rings is 1. The van der Waals surface area contributed by atoms with Crippen LogP contribution in [0.4, 0.5) is 22.4 Å². The summed E-state index contributed by atoms with van der Waals surface area (Å²) in [6.07, 6.45) is -1.31. The topological polar surface area (TPSA) is 120 Å². The highest BCUT2D eigenvalue weighted by Crippen LogP contribution is 2.57. The number of hydrogen-bond acceptors (Lipinski definition) is 7. The van der Waals surface area contributed by atoms with Crippen molar-refractivity contribution < 1.29 is 35.6 Å². The molecular weight excluding hydrogens is 502 g/mol. The molecule has 2 bridgehead atoms. The average molecular weight is 528 g/mol. The van der Waals surface area contributed by atoms with Gasteiger partial charge in [-0.1, -0.05) is 12.1 Å². The van der Waals surface area contributed by atoms with Gasteiger partial charge < -0.3 is 5.73 Å². The number of aromatic nitrogens is 1. The lowest BCUT2D eigenvalue weighted by atomic mass is 9.80. The maximum atomic E-state index is 16.4. The fourth-order valence-electron chi connectivity index (χ4n) is 4.86. The standard InChI is InChI=1S/C23H25F2N3O3S.CF2O/c1-14-6-4-11-27-19(14)18(29)13-15-7-8-17(24)16(12-15)22(3)23(25)10-5-9-21(2,20(26)28-22)32(23,30)31;2-1(3)4/h4,6-8,11-12H,5,9-10,13H2,1-3H3,(H2,26,28);/t21-,22+,23+;/m0./s1. The van der Waals surface area contributed by atoms with E-state index in [4.69, 9.17) is 10.5 Å². The van der Waals surface area contributed by atoms with Crippen molar-refractivity contribution >= 4 is 27.7 Å². The molecule has 0 aliphatic carbocycles. The second kappa shape index (κ2) is 9.38. The summed E-state index contributed by atoms with van der Waals surface area (Å²) in [6, 6.07) is 7.31. The lowest BCUT2D eigenvalue weighted by molar-refractivity contribution is 0.0987. The molecule has 2 aromatic rings. The molecule has 36 heavy (non-hydrogen) atoms. The van der Waals surface area contributed by atoms with Crippen molar-refractivity contribution in [3.05, 3.63) is 64.7 Å². The van der Waals surface area contributed by atoms with Gasteiger partial charge in [0.05, 0.1) is 0 Å². The predicted octanol–water partition coefficient (Wildman–Crippen LogP) is 4.61. The molecule has 1 aromatic carbocycles. The zero-order valence-electron chi connectivity index (χ0n) is 19.8. The number of ketones is 1. The van der Waals surface area contributed by atoms with E-state index in [-0.39, 0.29) is 48.6 Å². The summed E-state index contributed by atoms with van der Waals surface area (Å²) in [5.74, 6) is -1.32. The lowest BCUT2D eigenvalue weighted by Gasteiger charge is -2.52. The van der Waals surface area contributed by atoms with Crippen LogP contribution in [0.5, 0.6) is 0 Å². The van der Waals surface area contributed by atoms with Crippen LogP contribution in [-0.4, -0.2) is 41.1 Å². The zero-order chi connectivity index (χ0) is 27.1. The van der Waals surface area contributed by atoms with Gasteiger partial charge >= 0.3 is 6.29 Å². The van der Waals surface area contributed by atoms with Gasteiger partial charge in [0.2, 0.25) is 14.8 Å². The number of fused-ring (bicyclic) bond motifs is 2. The van der Waals surface area contributed by atoms with Crippen molar-refractivity contribution in [2.75, 3.05) is 0 Å². The summed E-state index contributed by atoms with van der Waals surface area (Å²) in [5.41, 5.74) is 5.12. The Labute approximate surface area is 205 Å². The molecule has 0 amide bonds. The molecule has 0 saturated carbocycles. The van der Waals surface area contributed by atoms with Crippen LogP contribution < -0.4 is 5.73 Å². The molecular formula is C24H25F4N3O4S. The van der Waals surface area contributed by atoms with Gasteiger partial charge in [-0.3, -0.25) is 14.8 Å². The smallest absolute Gasteiger partial charge is 0.386 e. The number of aryl methyl sites for hydroxylation is 1. The number of nitrogens with two attached hydrogens (primary N) is 1. The van der Waals surface area contributed by atoms with E-state index in [1.165, 1.54) is 32.2 Å². The average Bonchev–Trinajstić information content (AvgIpc) is 2.77. The highest BCUT2D eigenvalue weighted by Gasteiger charge is 2.71. The number of pyridine rings is 1. The van der Waals surface area contributed by atoms with E-state index < -0.39 is 37.2 Å². The van der Waals surface area contributed by atoms with Crippen molar-refractivity contribution in [1.29, 1.82) is 0 Å². The lowest BCUT2D eigenvalue weighted by Crippen LogP contribution is -2.68. The van der Waals surface area contributed by atoms with Crippen LogP contribution >= 0.6 is 0 Å². The van der Waals surface area contributed by atoms with E-state index in [1.807, 2.05) is 0 Å². The first-order valence-corrected chi connectivity index (χ1v) is 12.5. The molecule has 2 N–H and O–H groups in total. The van der Waals surface area contributed by atoms with Gasteiger partial charge in [0.25, 0.3) is 0 Å². The van der Waals surface area contributed by atoms with Crippen LogP contribution in [0.2, 0.25) is 0 Å². The summed E-state index contributed by atoms with van der Waals surface area (Å²) < 4.78 is 75.8. The van der Waals surface area contributed by atoms with E-state index in [9.17, 15) is 22.0 Å². The van der Waals surface area contributed by atoms with Gasteiger partial charge in [0.1, 0.15) is 27.6 Å². The summed E-state index contributed by atoms with van der Waals surface area (Å²) >= 11 is 0. The normalized spacial score (nSPS) is 28.4. The Morgan fingerprint density at radius 3 is 2.39 bits per heavy atom. The number of rotatable bonds is 4. The maximum absolute atomic E-state index is 16.4. The number of hydrogen-bond donors (Lipinski definition) is 1. The molecule has 0 unspecified atom stereocenters. The van der Waals surface area contributed by atoms with E-state index >= 15 is 8.78 Å². The van der Waals surface area contributed by atoms with E-state index in [1.54, 1.807) is 19.1 Å². The van der Waals surface area contributed by atoms with Crippen LogP contribution in [0.15, 0.2) is 41.5 Å². The molecule has 1 saturated heterocycles. The van der Waals surface area contributed by atoms with Crippen molar-refractivity contribution in [1.82, 2.24) is 4.98 Å². The summed E-state index contributed by atoms with van der Waals surface area (Å²) in [4.78, 5) is 29.2. The molecule has 3 heterocycles. The summed E-state index contributed by atoms with van der Waals surface area (Å²) in [5, 5.41) is -2.82. The molecule has 12 heteroatoms. The molecule has 4 rings (SSSR count). The third-order valence-corrected chi connectivity index (χ3v) is 10.0. The van der Waals surface area contributed by atoms with Crippen molar-refractivity contribution in [3.63, 3.8) is 0 Å². The largest absolute Gasteiger partial charge is 0.483 e. The number of alkyl halides is 1. The van der Waals surface area contributed by atoms with Gasteiger partial charge in [-0.15, -0.1) is 8.78 Å². The fraction of sp³-hybridized carbons (Fsp3) is 0.417. The van der Waals surface area contributed by atoms with E-state index in [0.717, 1.165) is 6.07 Å². The fourth-order valence-corrected chi connectivity index (χ4v) is 7.40. The quantitative estimate of drug-likeness (QED) is 0.352. The molecule has 0 radical (unpaired) electrons. The molecule has 7 nitrogen and oxygen atoms in total. The van der Waals surface area contributed by atoms with Crippen molar-refractivity contribution in [2.24, 2.45) is 10.7 Å². The molecule has 0 spiro atoms. The molecule has 194 valence electrons. The number of aliphatic imine (C=N–C) groups is 1. The Hall–Kier alpha value is -3.15. The van der Waals surface area contributed by atoms with Gasteiger partial charge in [-0.2, -0.15) is 0 Å². The molecule has 1 aromatic heterocycles. The minimum absolute atomic E-state index is 0.107. The van der Waals surface area contributed by atoms with Crippen LogP contribution in [0.1, 0.15) is 60.3 Å². The first kappa shape index (κ1) is 27.4. The van der Waals surface area contributed by atoms with Gasteiger partial charge in [-0.25, -0.2) is 22.0 Å². The molecule has 3 atom stereocenters. The molecule has 2 aliphatic rings. The third kappa shape index (κ3) is 4.21. The van der Waals surface area contributed by atoms with Crippen LogP contribution in [0, 0.1) is 12.7 Å². The first-order chi connectivity index (χ1) is 16.6. The minimum atomic E-state index is -4.44. The number of nitrogens with zero attached hydrogens (tertiary/aromatic N) is 2. The minimum Gasteiger partial charge on any atom is -0.386 e. The number of Topliss-reactive ketones (excluding diaryl/α,β-unsaturated/α-hetero) is 1. The van der Waals surface area contributed by atoms with Gasteiger partial charge in [0.15, 0.2) is 5.78 Å². The van der Waals surface area contributed by atoms with Crippen molar-refractivity contribution in [3.8, 4) is 0 Å². The van der Waals surface area contributed by atoms with Crippen molar-refractivity contribution in [2.45, 2.75) is 61.7 Å². The highest BCUT2D eigenvalue weighted by atomic mass is 32.2. The second-order valence-electron chi connectivity index (χ2n) is 9.19. The SMILES string of the molecule is Cc1cccnc1C(=O)Cc1ccc(F)c([C@@]2(C)N=C(N)[C@]3(C)CCC[C@@]2(F)S3(=O)=O)c1.O=C(F)F. The third-order valence-electron chi connectivity index (χ3n) is 6.98. The Morgan fingerprint density at radius 1 is 1.14 bits per heavy atom. The number of halogens is 4. The van der Waals surface area contributed by atoms with Crippen LogP contribution in [0.3, 0.4) is 0 Å². The summed E-state index contributed by atoms with van der Waals surface area (Å²) in [7, 11) is -4.44. The first-order valence-electron chi connectivity index (χ1n) is 11.0. The second-order valence-corrected chi connectivity index (χ2v) is 11.7. The van der Waals surface area contributed by atoms with Gasteiger partial charge in [-0.05, 0) is 69.4 Å². The number of carbonyl (C=O) groups excluding carboxylic acids is 2. The number of carbonyl (C=O) groups is 2. The Kier molecular flexibility index (Phi) is 7.15. The Bertz CT molecular complexity index is 1360. The van der Waals surface area contributed by atoms with Gasteiger partial charge in [0, 0.05) is 18.2 Å². The number of amidine groups is 1. The summed E-state index contributed by atoms with van der Waals surface area (Å²) in [6.45, 7) is 4.39. The zero-order valence-corrected chi connectivity index (χ0v) is 20.6. The molecule has 1 fully saturated rings. The van der Waals surface area contributed by atoms with Crippen LogP contribution in [0.25, 0.3) is 0 Å². The number of sulfone groups is 1. The van der Waals surface area contributed by atoms with Crippen LogP contribution in [-0.2, 0) is 21.8 Å². The van der Waals surface area contributed by atoms with E-state index in [0.29, 0.717) is 11.1 Å². The maximum Gasteiger partial charge on any atom is 0.483 e. The Morgan fingerprint density at radius 2 is 1.78 bits per heavy atom. The molecule has 2 aliphatic heterocycles. The predicted molar refractivity (Wildman–Crippen MR) is 125 cm³/mol. The van der Waals surface area contributed by atoms with E-state index in [2.05, 4.69) is 9.98 Å².